The summed E-state index contributed by atoms with van der Waals surface area (Å²) < 4.78 is 13.6. The number of benzene rings is 1. The number of hydrogen-bond donors (Lipinski definition) is 3. The molecule has 1 unspecified atom stereocenters. The molecule has 0 aliphatic heterocycles. The Hall–Kier alpha value is -1.92. The maximum absolute atomic E-state index is 13.6. The molecule has 0 amide bonds. The van der Waals surface area contributed by atoms with Crippen molar-refractivity contribution in [3.63, 3.8) is 0 Å². The lowest BCUT2D eigenvalue weighted by atomic mass is 10.1. The van der Waals surface area contributed by atoms with Gasteiger partial charge in [-0.25, -0.2) is 9.38 Å². The molecule has 3 N–H and O–H groups in total. The molecule has 2 rings (SSSR count). The zero-order valence-corrected chi connectivity index (χ0v) is 14.2. The fraction of sp³-hybridized carbons (Fsp3) is 0.353. The van der Waals surface area contributed by atoms with Gasteiger partial charge in [-0.3, -0.25) is 0 Å². The topological polar surface area (TPSA) is 56.7 Å². The molecule has 124 valence electrons. The Balaban J connectivity index is 2.01. The summed E-state index contributed by atoms with van der Waals surface area (Å²) in [6.45, 7) is 4.95. The van der Waals surface area contributed by atoms with E-state index in [1.165, 1.54) is 17.4 Å². The fourth-order valence-electron chi connectivity index (χ4n) is 2.06. The standard InChI is InChI=1S/C17H22FN3OS/c1-3-19-16(20-11-13-7-4-5-8-14(13)18)21-12-17(2,22)15-9-6-10-23-15/h4-10,22H,3,11-12H2,1-2H3,(H2,19,20,21). The van der Waals surface area contributed by atoms with E-state index >= 15 is 0 Å². The van der Waals surface area contributed by atoms with Gasteiger partial charge in [0.05, 0.1) is 13.1 Å². The Labute approximate surface area is 140 Å². The lowest BCUT2D eigenvalue weighted by Crippen LogP contribution is -2.44. The van der Waals surface area contributed by atoms with E-state index < -0.39 is 5.60 Å². The second-order valence-electron chi connectivity index (χ2n) is 5.39. The lowest BCUT2D eigenvalue weighted by molar-refractivity contribution is 0.0655. The summed E-state index contributed by atoms with van der Waals surface area (Å²) in [6, 6.07) is 10.4. The number of hydrogen-bond acceptors (Lipinski definition) is 3. The summed E-state index contributed by atoms with van der Waals surface area (Å²) in [4.78, 5) is 5.26. The molecular weight excluding hydrogens is 313 g/mol. The summed E-state index contributed by atoms with van der Waals surface area (Å²) in [7, 11) is 0. The van der Waals surface area contributed by atoms with Crippen LogP contribution in [-0.2, 0) is 12.1 Å². The van der Waals surface area contributed by atoms with Crippen LogP contribution in [0.25, 0.3) is 0 Å². The van der Waals surface area contributed by atoms with Crippen molar-refractivity contribution in [3.05, 3.63) is 58.0 Å². The Bertz CT molecular complexity index is 641. The van der Waals surface area contributed by atoms with Gasteiger partial charge in [0.25, 0.3) is 0 Å². The van der Waals surface area contributed by atoms with E-state index in [0.717, 1.165) is 4.88 Å². The Kier molecular flexibility index (Phi) is 6.12. The number of guanidine groups is 1. The predicted octanol–water partition coefficient (Wildman–Crippen LogP) is 2.85. The van der Waals surface area contributed by atoms with Crippen LogP contribution in [-0.4, -0.2) is 24.2 Å². The molecule has 4 nitrogen and oxygen atoms in total. The predicted molar refractivity (Wildman–Crippen MR) is 93.1 cm³/mol. The molecule has 0 spiro atoms. The second-order valence-corrected chi connectivity index (χ2v) is 6.34. The van der Waals surface area contributed by atoms with Crippen LogP contribution in [0.15, 0.2) is 46.8 Å². The number of aliphatic imine (C=N–C) groups is 1. The molecule has 0 aliphatic rings. The summed E-state index contributed by atoms with van der Waals surface area (Å²) in [5.41, 5.74) is -0.447. The zero-order valence-electron chi connectivity index (χ0n) is 13.3. The number of nitrogens with one attached hydrogen (secondary N) is 2. The monoisotopic (exact) mass is 335 g/mol. The number of thiophene rings is 1. The van der Waals surface area contributed by atoms with Crippen molar-refractivity contribution in [2.75, 3.05) is 13.1 Å². The molecule has 0 saturated heterocycles. The lowest BCUT2D eigenvalue weighted by Gasteiger charge is -2.23. The quantitative estimate of drug-likeness (QED) is 0.562. The van der Waals surface area contributed by atoms with Crippen LogP contribution in [0.1, 0.15) is 24.3 Å². The van der Waals surface area contributed by atoms with Crippen molar-refractivity contribution in [1.29, 1.82) is 0 Å². The second kappa shape index (κ2) is 8.08. The van der Waals surface area contributed by atoms with Gasteiger partial charge in [-0.2, -0.15) is 0 Å². The van der Waals surface area contributed by atoms with Crippen molar-refractivity contribution < 1.29 is 9.50 Å². The smallest absolute Gasteiger partial charge is 0.191 e. The van der Waals surface area contributed by atoms with Crippen LogP contribution >= 0.6 is 11.3 Å². The molecule has 1 aromatic carbocycles. The van der Waals surface area contributed by atoms with E-state index in [1.54, 1.807) is 25.1 Å². The van der Waals surface area contributed by atoms with Gasteiger partial charge in [-0.15, -0.1) is 11.3 Å². The Morgan fingerprint density at radius 1 is 1.26 bits per heavy atom. The fourth-order valence-corrected chi connectivity index (χ4v) is 2.85. The molecule has 0 radical (unpaired) electrons. The first-order valence-corrected chi connectivity index (χ1v) is 8.43. The summed E-state index contributed by atoms with van der Waals surface area (Å²) in [5, 5.41) is 18.7. The first-order valence-electron chi connectivity index (χ1n) is 7.55. The number of halogens is 1. The van der Waals surface area contributed by atoms with Crippen molar-refractivity contribution in [2.45, 2.75) is 26.0 Å². The van der Waals surface area contributed by atoms with Crippen molar-refractivity contribution >= 4 is 17.3 Å². The molecular formula is C17H22FN3OS. The average Bonchev–Trinajstić information content (AvgIpc) is 3.07. The molecule has 0 fully saturated rings. The largest absolute Gasteiger partial charge is 0.383 e. The van der Waals surface area contributed by atoms with Crippen LogP contribution in [0.3, 0.4) is 0 Å². The first-order chi connectivity index (χ1) is 11.0. The van der Waals surface area contributed by atoms with Gasteiger partial charge in [0.15, 0.2) is 5.96 Å². The maximum Gasteiger partial charge on any atom is 0.191 e. The first kappa shape index (κ1) is 17.4. The molecule has 0 aliphatic carbocycles. The zero-order chi connectivity index (χ0) is 16.7. The summed E-state index contributed by atoms with van der Waals surface area (Å²) in [5.74, 6) is 0.283. The molecule has 0 bridgehead atoms. The van der Waals surface area contributed by atoms with E-state index in [1.807, 2.05) is 24.4 Å². The highest BCUT2D eigenvalue weighted by Gasteiger charge is 2.24. The van der Waals surface area contributed by atoms with Crippen LogP contribution in [0.5, 0.6) is 0 Å². The third-order valence-corrected chi connectivity index (χ3v) is 4.48. The van der Waals surface area contributed by atoms with Gasteiger partial charge in [0.1, 0.15) is 11.4 Å². The van der Waals surface area contributed by atoms with Gasteiger partial charge in [0, 0.05) is 17.0 Å². The van der Waals surface area contributed by atoms with Gasteiger partial charge in [0.2, 0.25) is 0 Å². The SMILES string of the molecule is CCNC(=NCc1ccccc1F)NCC(C)(O)c1cccs1. The maximum atomic E-state index is 13.6. The van der Waals surface area contributed by atoms with Gasteiger partial charge in [-0.05, 0) is 31.4 Å². The normalized spacial score (nSPS) is 14.3. The molecule has 1 heterocycles. The van der Waals surface area contributed by atoms with E-state index in [-0.39, 0.29) is 12.4 Å². The highest BCUT2D eigenvalue weighted by atomic mass is 32.1. The van der Waals surface area contributed by atoms with Crippen LogP contribution in [0, 0.1) is 5.82 Å². The van der Waals surface area contributed by atoms with Crippen molar-refractivity contribution in [1.82, 2.24) is 10.6 Å². The average molecular weight is 335 g/mol. The third kappa shape index (κ3) is 5.04. The van der Waals surface area contributed by atoms with Crippen molar-refractivity contribution in [3.8, 4) is 0 Å². The highest BCUT2D eigenvalue weighted by molar-refractivity contribution is 7.10. The molecule has 1 atom stereocenters. The molecule has 1 aromatic heterocycles. The minimum atomic E-state index is -0.984. The molecule has 2 aromatic rings. The minimum absolute atomic E-state index is 0.239. The number of aliphatic hydroxyl groups is 1. The van der Waals surface area contributed by atoms with Crippen LogP contribution < -0.4 is 10.6 Å². The van der Waals surface area contributed by atoms with Gasteiger partial charge < -0.3 is 15.7 Å². The van der Waals surface area contributed by atoms with Crippen LogP contribution in [0.2, 0.25) is 0 Å². The van der Waals surface area contributed by atoms with Crippen molar-refractivity contribution in [2.24, 2.45) is 4.99 Å². The highest BCUT2D eigenvalue weighted by Crippen LogP contribution is 2.24. The van der Waals surface area contributed by atoms with Crippen LogP contribution in [0.4, 0.5) is 4.39 Å². The molecule has 23 heavy (non-hydrogen) atoms. The van der Waals surface area contributed by atoms with Gasteiger partial charge >= 0.3 is 0 Å². The Morgan fingerprint density at radius 3 is 2.70 bits per heavy atom. The number of rotatable bonds is 6. The molecule has 0 saturated carbocycles. The summed E-state index contributed by atoms with van der Waals surface area (Å²) in [6.07, 6.45) is 0. The Morgan fingerprint density at radius 2 is 2.04 bits per heavy atom. The van der Waals surface area contributed by atoms with E-state index in [4.69, 9.17) is 0 Å². The van der Waals surface area contributed by atoms with E-state index in [9.17, 15) is 9.50 Å². The molecule has 6 heteroatoms. The number of nitrogens with zero attached hydrogens (tertiary/aromatic N) is 1. The third-order valence-electron chi connectivity index (χ3n) is 3.36. The summed E-state index contributed by atoms with van der Waals surface area (Å²) >= 11 is 1.51. The van der Waals surface area contributed by atoms with Gasteiger partial charge in [-0.1, -0.05) is 24.3 Å². The minimum Gasteiger partial charge on any atom is -0.383 e. The van der Waals surface area contributed by atoms with E-state index in [0.29, 0.717) is 24.6 Å². The van der Waals surface area contributed by atoms with E-state index in [2.05, 4.69) is 15.6 Å².